The van der Waals surface area contributed by atoms with Crippen LogP contribution in [0.2, 0.25) is 0 Å². The zero-order valence-corrected chi connectivity index (χ0v) is 20.5. The number of hydrogen-bond donors (Lipinski definition) is 4. The molecular formula is C28H36N2O4. The van der Waals surface area contributed by atoms with Gasteiger partial charge in [0.05, 0.1) is 0 Å². The van der Waals surface area contributed by atoms with Crippen LogP contribution in [-0.2, 0) is 0 Å². The van der Waals surface area contributed by atoms with E-state index in [4.69, 9.17) is 9.47 Å². The molecule has 3 aromatic rings. The molecule has 0 spiro atoms. The molecule has 0 bridgehead atoms. The Morgan fingerprint density at radius 3 is 1.38 bits per heavy atom. The first-order valence-electron chi connectivity index (χ1n) is 11.6. The maximum atomic E-state index is 10.3. The largest absolute Gasteiger partial charge is 0.491 e. The predicted molar refractivity (Wildman–Crippen MR) is 138 cm³/mol. The highest BCUT2D eigenvalue weighted by atomic mass is 16.5. The molecule has 0 amide bonds. The second-order valence-corrected chi connectivity index (χ2v) is 8.80. The molecule has 4 N–H and O–H groups in total. The normalized spacial score (nSPS) is 12.6. The molecule has 3 rings (SSSR count). The van der Waals surface area contributed by atoms with Crippen molar-refractivity contribution >= 4 is 11.4 Å². The summed E-state index contributed by atoms with van der Waals surface area (Å²) in [5.41, 5.74) is 6.66. The third-order valence-electron chi connectivity index (χ3n) is 5.55. The molecule has 0 saturated heterocycles. The number of hydrogen-bond acceptors (Lipinski definition) is 6. The van der Waals surface area contributed by atoms with Crippen LogP contribution in [0.3, 0.4) is 0 Å². The van der Waals surface area contributed by atoms with E-state index < -0.39 is 12.2 Å². The van der Waals surface area contributed by atoms with Crippen molar-refractivity contribution in [3.63, 3.8) is 0 Å². The first kappa shape index (κ1) is 25.4. The molecule has 2 atom stereocenters. The van der Waals surface area contributed by atoms with Crippen molar-refractivity contribution in [3.8, 4) is 11.5 Å². The van der Waals surface area contributed by atoms with Gasteiger partial charge in [0.15, 0.2) is 0 Å². The van der Waals surface area contributed by atoms with Crippen LogP contribution in [0.5, 0.6) is 11.5 Å². The van der Waals surface area contributed by atoms with E-state index >= 15 is 0 Å². The van der Waals surface area contributed by atoms with Crippen LogP contribution in [0, 0.1) is 27.7 Å². The molecule has 3 aromatic carbocycles. The molecule has 0 aromatic heterocycles. The number of aryl methyl sites for hydroxylation is 4. The molecule has 0 aliphatic rings. The first-order chi connectivity index (χ1) is 16.3. The van der Waals surface area contributed by atoms with E-state index in [0.29, 0.717) is 24.6 Å². The van der Waals surface area contributed by atoms with E-state index in [1.54, 1.807) is 24.3 Å². The average molecular weight is 465 g/mol. The van der Waals surface area contributed by atoms with Gasteiger partial charge in [0, 0.05) is 24.5 Å². The van der Waals surface area contributed by atoms with Gasteiger partial charge >= 0.3 is 0 Å². The van der Waals surface area contributed by atoms with E-state index in [-0.39, 0.29) is 13.2 Å². The zero-order chi connectivity index (χ0) is 24.5. The lowest BCUT2D eigenvalue weighted by molar-refractivity contribution is 0.115. The molecule has 0 fully saturated rings. The summed E-state index contributed by atoms with van der Waals surface area (Å²) in [5.74, 6) is 1.30. The second kappa shape index (κ2) is 12.3. The smallest absolute Gasteiger partial charge is 0.119 e. The maximum absolute atomic E-state index is 10.3. The molecule has 0 saturated carbocycles. The number of anilines is 2. The fourth-order valence-corrected chi connectivity index (χ4v) is 3.44. The molecule has 0 radical (unpaired) electrons. The van der Waals surface area contributed by atoms with Gasteiger partial charge in [-0.15, -0.1) is 0 Å². The zero-order valence-electron chi connectivity index (χ0n) is 20.5. The third-order valence-corrected chi connectivity index (χ3v) is 5.55. The van der Waals surface area contributed by atoms with Gasteiger partial charge in [-0.25, -0.2) is 0 Å². The van der Waals surface area contributed by atoms with Gasteiger partial charge in [-0.2, -0.15) is 0 Å². The van der Waals surface area contributed by atoms with Crippen LogP contribution in [0.4, 0.5) is 11.4 Å². The summed E-state index contributed by atoms with van der Waals surface area (Å²) in [6.07, 6.45) is -1.29. The minimum absolute atomic E-state index is 0.181. The number of aliphatic hydroxyl groups is 2. The van der Waals surface area contributed by atoms with E-state index in [1.165, 1.54) is 11.1 Å². The average Bonchev–Trinajstić information content (AvgIpc) is 2.83. The molecule has 182 valence electrons. The molecule has 6 nitrogen and oxygen atoms in total. The minimum atomic E-state index is -0.643. The summed E-state index contributed by atoms with van der Waals surface area (Å²) in [7, 11) is 0. The summed E-state index contributed by atoms with van der Waals surface area (Å²) < 4.78 is 11.4. The molecule has 34 heavy (non-hydrogen) atoms. The van der Waals surface area contributed by atoms with Crippen molar-refractivity contribution in [2.75, 3.05) is 36.9 Å². The number of ether oxygens (including phenoxy) is 2. The SMILES string of the molecule is Cc1ccc(C)c(NC[C@@H](O)COc2ccc(OC[C@H](O)CNc3cc(C)ccc3C)cc2)c1. The third kappa shape index (κ3) is 7.97. The van der Waals surface area contributed by atoms with Crippen LogP contribution in [0.25, 0.3) is 0 Å². The second-order valence-electron chi connectivity index (χ2n) is 8.80. The fourth-order valence-electron chi connectivity index (χ4n) is 3.44. The monoisotopic (exact) mass is 464 g/mol. The standard InChI is InChI=1S/C28H36N2O4/c1-19-5-7-21(3)27(13-19)29-15-23(31)17-33-25-9-11-26(12-10-25)34-18-24(32)16-30-28-14-20(2)6-8-22(28)4/h5-14,23-24,29-32H,15-18H2,1-4H3/t23-,24-/m1/s1. The van der Waals surface area contributed by atoms with Crippen LogP contribution in [0.1, 0.15) is 22.3 Å². The first-order valence-corrected chi connectivity index (χ1v) is 11.6. The van der Waals surface area contributed by atoms with Crippen molar-refractivity contribution in [3.05, 3.63) is 82.9 Å². The molecule has 0 unspecified atom stereocenters. The molecule has 0 heterocycles. The number of rotatable bonds is 12. The molecular weight excluding hydrogens is 428 g/mol. The van der Waals surface area contributed by atoms with Gasteiger partial charge in [0.25, 0.3) is 0 Å². The van der Waals surface area contributed by atoms with Gasteiger partial charge in [0.2, 0.25) is 0 Å². The fraction of sp³-hybridized carbons (Fsp3) is 0.357. The Morgan fingerprint density at radius 2 is 1.00 bits per heavy atom. The number of benzene rings is 3. The van der Waals surface area contributed by atoms with E-state index in [1.807, 2.05) is 27.7 Å². The van der Waals surface area contributed by atoms with Crippen LogP contribution in [0.15, 0.2) is 60.7 Å². The van der Waals surface area contributed by atoms with Crippen molar-refractivity contribution in [2.45, 2.75) is 39.9 Å². The van der Waals surface area contributed by atoms with Crippen LogP contribution in [-0.4, -0.2) is 48.7 Å². The number of nitrogens with one attached hydrogen (secondary N) is 2. The van der Waals surface area contributed by atoms with E-state index in [2.05, 4.69) is 47.0 Å². The van der Waals surface area contributed by atoms with Crippen molar-refractivity contribution in [2.24, 2.45) is 0 Å². The highest BCUT2D eigenvalue weighted by Gasteiger charge is 2.09. The van der Waals surface area contributed by atoms with Gasteiger partial charge in [0.1, 0.15) is 36.9 Å². The number of aliphatic hydroxyl groups excluding tert-OH is 2. The Bertz CT molecular complexity index is 968. The highest BCUT2D eigenvalue weighted by molar-refractivity contribution is 5.53. The van der Waals surface area contributed by atoms with Crippen molar-refractivity contribution in [1.29, 1.82) is 0 Å². The van der Waals surface area contributed by atoms with Gasteiger partial charge in [-0.3, -0.25) is 0 Å². The quantitative estimate of drug-likeness (QED) is 0.313. The van der Waals surface area contributed by atoms with Crippen molar-refractivity contribution < 1.29 is 19.7 Å². The Hall–Kier alpha value is -3.22. The molecule has 0 aliphatic heterocycles. The molecule has 6 heteroatoms. The predicted octanol–water partition coefficient (Wildman–Crippen LogP) is 4.62. The maximum Gasteiger partial charge on any atom is 0.119 e. The minimum Gasteiger partial charge on any atom is -0.491 e. The van der Waals surface area contributed by atoms with Crippen molar-refractivity contribution in [1.82, 2.24) is 0 Å². The Balaban J connectivity index is 1.37. The summed E-state index contributed by atoms with van der Waals surface area (Å²) in [5, 5.41) is 27.0. The lowest BCUT2D eigenvalue weighted by atomic mass is 10.1. The van der Waals surface area contributed by atoms with E-state index in [0.717, 1.165) is 22.5 Å². The van der Waals surface area contributed by atoms with Crippen LogP contribution >= 0.6 is 0 Å². The topological polar surface area (TPSA) is 83.0 Å². The Morgan fingerprint density at radius 1 is 0.618 bits per heavy atom. The summed E-state index contributed by atoms with van der Waals surface area (Å²) in [4.78, 5) is 0. The van der Waals surface area contributed by atoms with Gasteiger partial charge in [-0.05, 0) is 86.3 Å². The van der Waals surface area contributed by atoms with E-state index in [9.17, 15) is 10.2 Å². The molecule has 0 aliphatic carbocycles. The Kier molecular flexibility index (Phi) is 9.19. The Labute approximate surface area is 202 Å². The lowest BCUT2D eigenvalue weighted by Crippen LogP contribution is -2.26. The summed E-state index contributed by atoms with van der Waals surface area (Å²) in [6, 6.07) is 19.6. The van der Waals surface area contributed by atoms with Crippen LogP contribution < -0.4 is 20.1 Å². The lowest BCUT2D eigenvalue weighted by Gasteiger charge is -2.17. The van der Waals surface area contributed by atoms with Gasteiger partial charge in [-0.1, -0.05) is 24.3 Å². The highest BCUT2D eigenvalue weighted by Crippen LogP contribution is 2.20. The van der Waals surface area contributed by atoms with Gasteiger partial charge < -0.3 is 30.3 Å². The summed E-state index contributed by atoms with van der Waals surface area (Å²) >= 11 is 0. The summed E-state index contributed by atoms with van der Waals surface area (Å²) in [6.45, 7) is 9.33.